The van der Waals surface area contributed by atoms with Crippen molar-refractivity contribution in [1.82, 2.24) is 5.32 Å². The fourth-order valence-corrected chi connectivity index (χ4v) is 1.60. The minimum Gasteiger partial charge on any atom is -0.379 e. The molecule has 0 radical (unpaired) electrons. The van der Waals surface area contributed by atoms with Gasteiger partial charge in [0.25, 0.3) is 0 Å². The van der Waals surface area contributed by atoms with Gasteiger partial charge in [-0.2, -0.15) is 0 Å². The topological polar surface area (TPSA) is 38.3 Å². The van der Waals surface area contributed by atoms with E-state index < -0.39 is 0 Å². The maximum atomic E-state index is 11.5. The number of nitrogens with one attached hydrogen (secondary N) is 1. The molecule has 82 valence electrons. The normalized spacial score (nSPS) is 17.9. The predicted molar refractivity (Wildman–Crippen MR) is 59.5 cm³/mol. The zero-order valence-electron chi connectivity index (χ0n) is 8.59. The van der Waals surface area contributed by atoms with E-state index in [2.05, 4.69) is 21.2 Å². The third kappa shape index (κ3) is 4.42. The quantitative estimate of drug-likeness (QED) is 0.560. The molecule has 1 saturated carbocycles. The second-order valence-electron chi connectivity index (χ2n) is 3.72. The van der Waals surface area contributed by atoms with E-state index in [4.69, 9.17) is 4.74 Å². The predicted octanol–water partition coefficient (Wildman–Crippen LogP) is 1.56. The van der Waals surface area contributed by atoms with E-state index in [0.717, 1.165) is 5.33 Å². The fraction of sp³-hybridized carbons (Fsp3) is 0.900. The molecule has 0 aromatic rings. The van der Waals surface area contributed by atoms with Gasteiger partial charge in [0.1, 0.15) is 0 Å². The van der Waals surface area contributed by atoms with Crippen LogP contribution in [0.15, 0.2) is 0 Å². The average Bonchev–Trinajstić information content (AvgIpc) is 2.99. The zero-order chi connectivity index (χ0) is 10.4. The third-order valence-corrected chi connectivity index (χ3v) is 2.83. The highest BCUT2D eigenvalue weighted by Crippen LogP contribution is 2.36. The van der Waals surface area contributed by atoms with Gasteiger partial charge in [-0.15, -0.1) is 0 Å². The van der Waals surface area contributed by atoms with Gasteiger partial charge < -0.3 is 10.1 Å². The first-order valence-electron chi connectivity index (χ1n) is 5.17. The van der Waals surface area contributed by atoms with Crippen molar-refractivity contribution in [3.63, 3.8) is 0 Å². The lowest BCUT2D eigenvalue weighted by Crippen LogP contribution is -2.32. The van der Waals surface area contributed by atoms with Gasteiger partial charge >= 0.3 is 0 Å². The van der Waals surface area contributed by atoms with Crippen LogP contribution in [-0.4, -0.2) is 31.0 Å². The first kappa shape index (κ1) is 12.0. The molecule has 1 aliphatic rings. The summed E-state index contributed by atoms with van der Waals surface area (Å²) in [6.07, 6.45) is 2.43. The number of ether oxygens (including phenoxy) is 1. The first-order valence-corrected chi connectivity index (χ1v) is 6.29. The zero-order valence-corrected chi connectivity index (χ0v) is 10.2. The summed E-state index contributed by atoms with van der Waals surface area (Å²) in [5.74, 6) is 1.000. The molecule has 0 aliphatic heterocycles. The van der Waals surface area contributed by atoms with E-state index >= 15 is 0 Å². The SMILES string of the molecule is CC(C(=O)NCCOCCBr)C1CC1. The Morgan fingerprint density at radius 1 is 1.57 bits per heavy atom. The van der Waals surface area contributed by atoms with E-state index in [-0.39, 0.29) is 11.8 Å². The lowest BCUT2D eigenvalue weighted by Gasteiger charge is -2.10. The van der Waals surface area contributed by atoms with Crippen LogP contribution in [0.2, 0.25) is 0 Å². The Kier molecular flexibility index (Phi) is 5.48. The number of amides is 1. The van der Waals surface area contributed by atoms with Crippen molar-refractivity contribution < 1.29 is 9.53 Å². The summed E-state index contributed by atoms with van der Waals surface area (Å²) >= 11 is 3.27. The molecule has 1 unspecified atom stereocenters. The lowest BCUT2D eigenvalue weighted by atomic mass is 10.1. The van der Waals surface area contributed by atoms with Gasteiger partial charge in [-0.05, 0) is 18.8 Å². The standard InChI is InChI=1S/C10H18BrNO2/c1-8(9-2-3-9)10(13)12-5-7-14-6-4-11/h8-9H,2-7H2,1H3,(H,12,13). The van der Waals surface area contributed by atoms with Gasteiger partial charge in [-0.25, -0.2) is 0 Å². The summed E-state index contributed by atoms with van der Waals surface area (Å²) in [7, 11) is 0. The molecule has 0 heterocycles. The molecule has 0 saturated heterocycles. The van der Waals surface area contributed by atoms with Gasteiger partial charge in [-0.1, -0.05) is 22.9 Å². The van der Waals surface area contributed by atoms with Crippen molar-refractivity contribution in [2.75, 3.05) is 25.1 Å². The number of hydrogen-bond donors (Lipinski definition) is 1. The Morgan fingerprint density at radius 2 is 2.29 bits per heavy atom. The van der Waals surface area contributed by atoms with Crippen molar-refractivity contribution >= 4 is 21.8 Å². The highest BCUT2D eigenvalue weighted by atomic mass is 79.9. The molecule has 0 bridgehead atoms. The molecule has 1 amide bonds. The second kappa shape index (κ2) is 6.40. The Hall–Kier alpha value is -0.0900. The fourth-order valence-electron chi connectivity index (χ4n) is 1.37. The number of rotatable bonds is 7. The van der Waals surface area contributed by atoms with Crippen molar-refractivity contribution in [2.24, 2.45) is 11.8 Å². The number of carbonyl (C=O) groups excluding carboxylic acids is 1. The minimum absolute atomic E-state index is 0.176. The summed E-state index contributed by atoms with van der Waals surface area (Å²) in [5.41, 5.74) is 0. The number of halogens is 1. The molecule has 14 heavy (non-hydrogen) atoms. The molecule has 4 heteroatoms. The van der Waals surface area contributed by atoms with Crippen LogP contribution in [-0.2, 0) is 9.53 Å². The maximum Gasteiger partial charge on any atom is 0.223 e. The van der Waals surface area contributed by atoms with E-state index in [0.29, 0.717) is 25.7 Å². The Morgan fingerprint density at radius 3 is 2.86 bits per heavy atom. The lowest BCUT2D eigenvalue weighted by molar-refractivity contribution is -0.125. The maximum absolute atomic E-state index is 11.5. The smallest absolute Gasteiger partial charge is 0.223 e. The molecule has 1 fully saturated rings. The van der Waals surface area contributed by atoms with Gasteiger partial charge in [0.15, 0.2) is 0 Å². The van der Waals surface area contributed by atoms with Crippen LogP contribution < -0.4 is 5.32 Å². The summed E-state index contributed by atoms with van der Waals surface area (Å²) in [6, 6.07) is 0. The molecule has 0 spiro atoms. The number of hydrogen-bond acceptors (Lipinski definition) is 2. The Labute approximate surface area is 93.7 Å². The van der Waals surface area contributed by atoms with Crippen LogP contribution in [0.1, 0.15) is 19.8 Å². The number of carbonyl (C=O) groups is 1. The van der Waals surface area contributed by atoms with Crippen LogP contribution >= 0.6 is 15.9 Å². The number of alkyl halides is 1. The van der Waals surface area contributed by atoms with Crippen molar-refractivity contribution in [1.29, 1.82) is 0 Å². The highest BCUT2D eigenvalue weighted by Gasteiger charge is 2.32. The van der Waals surface area contributed by atoms with E-state index in [1.165, 1.54) is 12.8 Å². The van der Waals surface area contributed by atoms with Crippen molar-refractivity contribution in [2.45, 2.75) is 19.8 Å². The van der Waals surface area contributed by atoms with E-state index in [9.17, 15) is 4.79 Å². The summed E-state index contributed by atoms with van der Waals surface area (Å²) < 4.78 is 5.23. The summed E-state index contributed by atoms with van der Waals surface area (Å²) in [4.78, 5) is 11.5. The van der Waals surface area contributed by atoms with Crippen LogP contribution in [0.5, 0.6) is 0 Å². The Bertz CT molecular complexity index is 183. The van der Waals surface area contributed by atoms with Gasteiger partial charge in [0.05, 0.1) is 13.2 Å². The minimum atomic E-state index is 0.176. The molecular formula is C10H18BrNO2. The van der Waals surface area contributed by atoms with Crippen LogP contribution in [0, 0.1) is 11.8 Å². The van der Waals surface area contributed by atoms with Gasteiger partial charge in [0, 0.05) is 17.8 Å². The van der Waals surface area contributed by atoms with E-state index in [1.807, 2.05) is 6.92 Å². The molecule has 1 aliphatic carbocycles. The molecule has 3 nitrogen and oxygen atoms in total. The largest absolute Gasteiger partial charge is 0.379 e. The van der Waals surface area contributed by atoms with Gasteiger partial charge in [-0.3, -0.25) is 4.79 Å². The van der Waals surface area contributed by atoms with Gasteiger partial charge in [0.2, 0.25) is 5.91 Å². The Balaban J connectivity index is 1.97. The first-order chi connectivity index (χ1) is 6.75. The molecule has 1 N–H and O–H groups in total. The summed E-state index contributed by atoms with van der Waals surface area (Å²) in [6.45, 7) is 3.94. The summed E-state index contributed by atoms with van der Waals surface area (Å²) in [5, 5.41) is 3.73. The molecule has 0 aromatic heterocycles. The van der Waals surface area contributed by atoms with Crippen molar-refractivity contribution in [3.05, 3.63) is 0 Å². The highest BCUT2D eigenvalue weighted by molar-refractivity contribution is 9.09. The molecular weight excluding hydrogens is 246 g/mol. The molecule has 1 atom stereocenters. The van der Waals surface area contributed by atoms with E-state index in [1.54, 1.807) is 0 Å². The van der Waals surface area contributed by atoms with Crippen LogP contribution in [0.25, 0.3) is 0 Å². The third-order valence-electron chi connectivity index (χ3n) is 2.51. The second-order valence-corrected chi connectivity index (χ2v) is 4.51. The van der Waals surface area contributed by atoms with Crippen molar-refractivity contribution in [3.8, 4) is 0 Å². The van der Waals surface area contributed by atoms with Crippen LogP contribution in [0.4, 0.5) is 0 Å². The molecule has 0 aromatic carbocycles. The monoisotopic (exact) mass is 263 g/mol. The molecule has 1 rings (SSSR count). The van der Waals surface area contributed by atoms with Crippen LogP contribution in [0.3, 0.4) is 0 Å². The average molecular weight is 264 g/mol.